The lowest BCUT2D eigenvalue weighted by Crippen LogP contribution is -2.46. The second-order valence-corrected chi connectivity index (χ2v) is 6.82. The van der Waals surface area contributed by atoms with Crippen LogP contribution in [0.25, 0.3) is 0 Å². The van der Waals surface area contributed by atoms with Crippen LogP contribution in [0, 0.1) is 0 Å². The van der Waals surface area contributed by atoms with Gasteiger partial charge in [0.25, 0.3) is 17.7 Å². The Morgan fingerprint density at radius 3 is 2.29 bits per heavy atom. The molecule has 0 aromatic heterocycles. The zero-order valence-corrected chi connectivity index (χ0v) is 15.6. The Hall–Kier alpha value is -3.19. The maximum Gasteiger partial charge on any atom is 0.261 e. The van der Waals surface area contributed by atoms with Crippen molar-refractivity contribution in [1.29, 1.82) is 0 Å². The number of fused-ring (bicyclic) bond motifs is 1. The molecule has 0 saturated carbocycles. The van der Waals surface area contributed by atoms with Crippen molar-refractivity contribution < 1.29 is 19.1 Å². The third kappa shape index (κ3) is 3.14. The highest BCUT2D eigenvalue weighted by Crippen LogP contribution is 2.27. The van der Waals surface area contributed by atoms with E-state index >= 15 is 0 Å². The number of piperazine rings is 1. The fraction of sp³-hybridized carbons (Fsp3) is 0.286. The Kier molecular flexibility index (Phi) is 4.83. The van der Waals surface area contributed by atoms with Gasteiger partial charge in [0.05, 0.1) is 30.3 Å². The Balaban J connectivity index is 1.60. The standard InChI is InChI=1S/C21H21N3O4/c1-28-18-7-6-14(12-17(18)19(25)23-10-8-22-9-11-23)13-24-20(26)15-4-2-3-5-16(15)21(24)27/h2-7,12,22H,8-11,13H2,1H3. The van der Waals surface area contributed by atoms with Crippen molar-refractivity contribution in [3.05, 3.63) is 64.7 Å². The maximum atomic E-state index is 12.9. The molecule has 0 aliphatic carbocycles. The molecule has 2 aliphatic heterocycles. The first-order valence-corrected chi connectivity index (χ1v) is 9.22. The minimum Gasteiger partial charge on any atom is -0.496 e. The van der Waals surface area contributed by atoms with Gasteiger partial charge in [-0.3, -0.25) is 19.3 Å². The van der Waals surface area contributed by atoms with E-state index in [0.717, 1.165) is 13.1 Å². The molecule has 144 valence electrons. The van der Waals surface area contributed by atoms with E-state index in [1.807, 2.05) is 0 Å². The molecule has 7 heteroatoms. The topological polar surface area (TPSA) is 79.0 Å². The van der Waals surface area contributed by atoms with E-state index in [9.17, 15) is 14.4 Å². The Morgan fingerprint density at radius 1 is 1.04 bits per heavy atom. The molecular weight excluding hydrogens is 358 g/mol. The highest BCUT2D eigenvalue weighted by molar-refractivity contribution is 6.21. The first-order chi connectivity index (χ1) is 13.6. The van der Waals surface area contributed by atoms with Crippen LogP contribution >= 0.6 is 0 Å². The van der Waals surface area contributed by atoms with Crippen LogP contribution in [-0.4, -0.2) is 60.8 Å². The molecule has 7 nitrogen and oxygen atoms in total. The van der Waals surface area contributed by atoms with Crippen molar-refractivity contribution in [1.82, 2.24) is 15.1 Å². The lowest BCUT2D eigenvalue weighted by Gasteiger charge is -2.28. The monoisotopic (exact) mass is 379 g/mol. The number of hydrogen-bond acceptors (Lipinski definition) is 5. The van der Waals surface area contributed by atoms with Crippen LogP contribution in [-0.2, 0) is 6.54 Å². The van der Waals surface area contributed by atoms with Crippen LogP contribution in [0.5, 0.6) is 5.75 Å². The van der Waals surface area contributed by atoms with E-state index in [-0.39, 0.29) is 24.3 Å². The summed E-state index contributed by atoms with van der Waals surface area (Å²) >= 11 is 0. The van der Waals surface area contributed by atoms with Gasteiger partial charge in [-0.25, -0.2) is 0 Å². The van der Waals surface area contributed by atoms with Crippen LogP contribution in [0.1, 0.15) is 36.6 Å². The Bertz CT molecular complexity index is 915. The van der Waals surface area contributed by atoms with Crippen molar-refractivity contribution in [3.8, 4) is 5.75 Å². The molecule has 3 amide bonds. The van der Waals surface area contributed by atoms with E-state index in [4.69, 9.17) is 4.74 Å². The summed E-state index contributed by atoms with van der Waals surface area (Å²) in [4.78, 5) is 41.1. The molecule has 2 aliphatic rings. The number of benzene rings is 2. The van der Waals surface area contributed by atoms with Crippen molar-refractivity contribution in [2.24, 2.45) is 0 Å². The highest BCUT2D eigenvalue weighted by Gasteiger charge is 2.35. The molecule has 1 saturated heterocycles. The van der Waals surface area contributed by atoms with Crippen LogP contribution in [0.2, 0.25) is 0 Å². The number of amides is 3. The predicted octanol–water partition coefficient (Wildman–Crippen LogP) is 1.54. The van der Waals surface area contributed by atoms with Crippen molar-refractivity contribution in [2.45, 2.75) is 6.54 Å². The van der Waals surface area contributed by atoms with Crippen molar-refractivity contribution >= 4 is 17.7 Å². The van der Waals surface area contributed by atoms with Crippen LogP contribution in [0.3, 0.4) is 0 Å². The summed E-state index contributed by atoms with van der Waals surface area (Å²) in [6, 6.07) is 12.0. The third-order valence-corrected chi connectivity index (χ3v) is 5.12. The molecule has 0 unspecified atom stereocenters. The normalized spacial score (nSPS) is 16.3. The minimum absolute atomic E-state index is 0.109. The molecule has 2 aromatic carbocycles. The fourth-order valence-electron chi connectivity index (χ4n) is 3.62. The lowest BCUT2D eigenvalue weighted by atomic mass is 10.1. The summed E-state index contributed by atoms with van der Waals surface area (Å²) in [7, 11) is 1.52. The highest BCUT2D eigenvalue weighted by atomic mass is 16.5. The largest absolute Gasteiger partial charge is 0.496 e. The SMILES string of the molecule is COc1ccc(CN2C(=O)c3ccccc3C2=O)cc1C(=O)N1CCNCC1. The molecule has 0 radical (unpaired) electrons. The van der Waals surface area contributed by atoms with E-state index in [0.29, 0.717) is 41.1 Å². The number of methoxy groups -OCH3 is 1. The Morgan fingerprint density at radius 2 is 1.68 bits per heavy atom. The molecule has 0 spiro atoms. The summed E-state index contributed by atoms with van der Waals surface area (Å²) in [5.74, 6) is -0.255. The lowest BCUT2D eigenvalue weighted by molar-refractivity contribution is 0.0642. The smallest absolute Gasteiger partial charge is 0.261 e. The van der Waals surface area contributed by atoms with Gasteiger partial charge >= 0.3 is 0 Å². The Labute approximate surface area is 162 Å². The molecule has 28 heavy (non-hydrogen) atoms. The van der Waals surface area contributed by atoms with E-state index in [1.54, 1.807) is 47.4 Å². The molecule has 0 bridgehead atoms. The molecule has 1 fully saturated rings. The maximum absolute atomic E-state index is 12.9. The van der Waals surface area contributed by atoms with Gasteiger partial charge in [-0.2, -0.15) is 0 Å². The van der Waals surface area contributed by atoms with Gasteiger partial charge in [0.15, 0.2) is 0 Å². The van der Waals surface area contributed by atoms with Crippen molar-refractivity contribution in [3.63, 3.8) is 0 Å². The van der Waals surface area contributed by atoms with Crippen LogP contribution in [0.15, 0.2) is 42.5 Å². The summed E-state index contributed by atoms with van der Waals surface area (Å²) in [6.45, 7) is 2.87. The summed E-state index contributed by atoms with van der Waals surface area (Å²) in [6.07, 6.45) is 0. The van der Waals surface area contributed by atoms with Gasteiger partial charge in [0.1, 0.15) is 5.75 Å². The minimum atomic E-state index is -0.314. The van der Waals surface area contributed by atoms with Gasteiger partial charge < -0.3 is 15.0 Å². The van der Waals surface area contributed by atoms with E-state index in [1.165, 1.54) is 12.0 Å². The van der Waals surface area contributed by atoms with Gasteiger partial charge in [0.2, 0.25) is 0 Å². The van der Waals surface area contributed by atoms with Crippen LogP contribution < -0.4 is 10.1 Å². The van der Waals surface area contributed by atoms with Gasteiger partial charge in [0, 0.05) is 26.2 Å². The summed E-state index contributed by atoms with van der Waals surface area (Å²) < 4.78 is 5.36. The molecule has 4 rings (SSSR count). The average molecular weight is 379 g/mol. The number of rotatable bonds is 4. The number of nitrogens with one attached hydrogen (secondary N) is 1. The number of hydrogen-bond donors (Lipinski definition) is 1. The summed E-state index contributed by atoms with van der Waals surface area (Å²) in [5, 5.41) is 3.22. The fourth-order valence-corrected chi connectivity index (χ4v) is 3.62. The first kappa shape index (κ1) is 18.2. The third-order valence-electron chi connectivity index (χ3n) is 5.12. The van der Waals surface area contributed by atoms with E-state index < -0.39 is 0 Å². The zero-order chi connectivity index (χ0) is 19.7. The van der Waals surface area contributed by atoms with Gasteiger partial charge in [-0.15, -0.1) is 0 Å². The number of carbonyl (C=O) groups is 3. The predicted molar refractivity (Wildman–Crippen MR) is 102 cm³/mol. The number of ether oxygens (including phenoxy) is 1. The van der Waals surface area contributed by atoms with Gasteiger partial charge in [-0.05, 0) is 29.8 Å². The molecule has 1 N–H and O–H groups in total. The first-order valence-electron chi connectivity index (χ1n) is 9.22. The van der Waals surface area contributed by atoms with Crippen molar-refractivity contribution in [2.75, 3.05) is 33.3 Å². The molecular formula is C21H21N3O4. The average Bonchev–Trinajstić information content (AvgIpc) is 2.99. The second kappa shape index (κ2) is 7.44. The number of carbonyl (C=O) groups excluding carboxylic acids is 3. The zero-order valence-electron chi connectivity index (χ0n) is 15.6. The molecule has 0 atom stereocenters. The second-order valence-electron chi connectivity index (χ2n) is 6.82. The number of imide groups is 1. The van der Waals surface area contributed by atoms with Gasteiger partial charge in [-0.1, -0.05) is 18.2 Å². The van der Waals surface area contributed by atoms with Crippen LogP contribution in [0.4, 0.5) is 0 Å². The quantitative estimate of drug-likeness (QED) is 0.816. The molecule has 2 heterocycles. The van der Waals surface area contributed by atoms with E-state index in [2.05, 4.69) is 5.32 Å². The molecule has 2 aromatic rings. The summed E-state index contributed by atoms with van der Waals surface area (Å²) in [5.41, 5.74) is 1.98. The number of nitrogens with zero attached hydrogens (tertiary/aromatic N) is 2.